The number of hydrogen-bond donors (Lipinski definition) is 0. The molecule has 0 aliphatic rings. The number of nitrogens with zero attached hydrogens (tertiary/aromatic N) is 2. The van der Waals surface area contributed by atoms with Gasteiger partial charge in [-0.1, -0.05) is 6.92 Å². The Bertz CT molecular complexity index is 588. The molecule has 0 unspecified atom stereocenters. The minimum atomic E-state index is 0.161. The van der Waals surface area contributed by atoms with Crippen molar-refractivity contribution in [2.75, 3.05) is 7.11 Å². The number of Topliss-reactive ketones (excluding diaryl/α,β-unsaturated/α-hetero) is 1. The molecule has 4 heteroatoms. The number of rotatable bonds is 5. The Hall–Kier alpha value is -2.10. The minimum Gasteiger partial charge on any atom is -0.497 e. The Morgan fingerprint density at radius 3 is 2.89 bits per heavy atom. The summed E-state index contributed by atoms with van der Waals surface area (Å²) in [6, 6.07) is 5.65. The summed E-state index contributed by atoms with van der Waals surface area (Å²) in [5.74, 6) is 0.966. The lowest BCUT2D eigenvalue weighted by Gasteiger charge is -2.06. The molecule has 2 rings (SSSR count). The Balaban J connectivity index is 2.19. The second kappa shape index (κ2) is 5.69. The topological polar surface area (TPSA) is 44.1 Å². The summed E-state index contributed by atoms with van der Waals surface area (Å²) in [6.45, 7) is 4.44. The van der Waals surface area contributed by atoms with E-state index in [0.717, 1.165) is 22.7 Å². The number of hydrogen-bond acceptors (Lipinski definition) is 3. The van der Waals surface area contributed by atoms with E-state index in [-0.39, 0.29) is 5.78 Å². The largest absolute Gasteiger partial charge is 0.497 e. The van der Waals surface area contributed by atoms with Gasteiger partial charge < -0.3 is 9.30 Å². The second-order valence-electron chi connectivity index (χ2n) is 4.49. The van der Waals surface area contributed by atoms with Crippen LogP contribution in [0.25, 0.3) is 0 Å². The summed E-state index contributed by atoms with van der Waals surface area (Å²) in [5, 5.41) is 0. The predicted octanol–water partition coefficient (Wildman–Crippen LogP) is 2.84. The van der Waals surface area contributed by atoms with Crippen molar-refractivity contribution in [3.05, 3.63) is 47.5 Å². The van der Waals surface area contributed by atoms with Gasteiger partial charge in [-0.2, -0.15) is 0 Å². The number of aryl methyl sites for hydroxylation is 1. The number of carbonyl (C=O) groups is 1. The molecular formula is C15H18N2O2. The fraction of sp³-hybridized carbons (Fsp3) is 0.333. The van der Waals surface area contributed by atoms with Crippen molar-refractivity contribution < 1.29 is 9.53 Å². The van der Waals surface area contributed by atoms with E-state index in [4.69, 9.17) is 4.74 Å². The fourth-order valence-electron chi connectivity index (χ4n) is 2.00. The molecule has 2 aromatic heterocycles. The molecular weight excluding hydrogens is 240 g/mol. The summed E-state index contributed by atoms with van der Waals surface area (Å²) < 4.78 is 7.19. The smallest absolute Gasteiger partial charge is 0.164 e. The van der Waals surface area contributed by atoms with Crippen LogP contribution in [0, 0.1) is 6.92 Å². The zero-order valence-corrected chi connectivity index (χ0v) is 11.5. The average molecular weight is 258 g/mol. The standard InChI is InChI=1S/C15H18N2O2/c1-4-15(18)12-5-6-17(9-12)10-13-8-14(19-3)7-11(2)16-13/h5-9H,4,10H2,1-3H3. The van der Waals surface area contributed by atoms with E-state index in [1.807, 2.05) is 49.0 Å². The van der Waals surface area contributed by atoms with Crippen molar-refractivity contribution in [2.24, 2.45) is 0 Å². The highest BCUT2D eigenvalue weighted by molar-refractivity contribution is 5.95. The molecule has 0 spiro atoms. The van der Waals surface area contributed by atoms with Crippen LogP contribution in [0.2, 0.25) is 0 Å². The molecule has 0 saturated heterocycles. The summed E-state index contributed by atoms with van der Waals surface area (Å²) in [4.78, 5) is 16.1. The molecule has 0 aliphatic heterocycles. The Morgan fingerprint density at radius 1 is 1.42 bits per heavy atom. The van der Waals surface area contributed by atoms with Crippen LogP contribution in [0.3, 0.4) is 0 Å². The maximum Gasteiger partial charge on any atom is 0.164 e. The molecule has 19 heavy (non-hydrogen) atoms. The van der Waals surface area contributed by atoms with Gasteiger partial charge in [0, 0.05) is 42.2 Å². The van der Waals surface area contributed by atoms with Crippen molar-refractivity contribution >= 4 is 5.78 Å². The minimum absolute atomic E-state index is 0.161. The van der Waals surface area contributed by atoms with E-state index in [9.17, 15) is 4.79 Å². The van der Waals surface area contributed by atoms with Gasteiger partial charge in [-0.25, -0.2) is 0 Å². The fourth-order valence-corrected chi connectivity index (χ4v) is 2.00. The zero-order valence-electron chi connectivity index (χ0n) is 11.5. The first-order valence-corrected chi connectivity index (χ1v) is 6.33. The zero-order chi connectivity index (χ0) is 13.8. The summed E-state index contributed by atoms with van der Waals surface area (Å²) in [6.07, 6.45) is 4.29. The van der Waals surface area contributed by atoms with Crippen LogP contribution in [0.5, 0.6) is 5.75 Å². The molecule has 0 N–H and O–H groups in total. The van der Waals surface area contributed by atoms with E-state index in [0.29, 0.717) is 13.0 Å². The van der Waals surface area contributed by atoms with Gasteiger partial charge in [-0.3, -0.25) is 9.78 Å². The third kappa shape index (κ3) is 3.22. The number of ketones is 1. The normalized spacial score (nSPS) is 10.5. The molecule has 0 bridgehead atoms. The van der Waals surface area contributed by atoms with Gasteiger partial charge in [0.1, 0.15) is 5.75 Å². The highest BCUT2D eigenvalue weighted by Gasteiger charge is 2.06. The molecule has 0 amide bonds. The average Bonchev–Trinajstić information content (AvgIpc) is 2.85. The predicted molar refractivity (Wildman–Crippen MR) is 73.7 cm³/mol. The maximum atomic E-state index is 11.6. The molecule has 100 valence electrons. The molecule has 0 atom stereocenters. The van der Waals surface area contributed by atoms with Gasteiger partial charge in [0.05, 0.1) is 19.3 Å². The van der Waals surface area contributed by atoms with Gasteiger partial charge >= 0.3 is 0 Å². The summed E-state index contributed by atoms with van der Waals surface area (Å²) in [5.41, 5.74) is 2.59. The van der Waals surface area contributed by atoms with Crippen molar-refractivity contribution in [1.82, 2.24) is 9.55 Å². The number of aromatic nitrogens is 2. The van der Waals surface area contributed by atoms with Crippen LogP contribution in [0.4, 0.5) is 0 Å². The van der Waals surface area contributed by atoms with Gasteiger partial charge in [0.2, 0.25) is 0 Å². The van der Waals surface area contributed by atoms with Crippen molar-refractivity contribution in [1.29, 1.82) is 0 Å². The van der Waals surface area contributed by atoms with E-state index >= 15 is 0 Å². The summed E-state index contributed by atoms with van der Waals surface area (Å²) in [7, 11) is 1.65. The van der Waals surface area contributed by atoms with Crippen molar-refractivity contribution in [3.8, 4) is 5.75 Å². The quantitative estimate of drug-likeness (QED) is 0.775. The van der Waals surface area contributed by atoms with Crippen LogP contribution in [0.1, 0.15) is 35.1 Å². The lowest BCUT2D eigenvalue weighted by Crippen LogP contribution is -2.02. The van der Waals surface area contributed by atoms with Gasteiger partial charge in [-0.15, -0.1) is 0 Å². The molecule has 0 radical (unpaired) electrons. The monoisotopic (exact) mass is 258 g/mol. The van der Waals surface area contributed by atoms with Crippen LogP contribution < -0.4 is 4.74 Å². The molecule has 0 aliphatic carbocycles. The van der Waals surface area contributed by atoms with Crippen molar-refractivity contribution in [3.63, 3.8) is 0 Å². The number of methoxy groups -OCH3 is 1. The van der Waals surface area contributed by atoms with E-state index < -0.39 is 0 Å². The summed E-state index contributed by atoms with van der Waals surface area (Å²) >= 11 is 0. The lowest BCUT2D eigenvalue weighted by atomic mass is 10.2. The van der Waals surface area contributed by atoms with Crippen molar-refractivity contribution in [2.45, 2.75) is 26.8 Å². The first kappa shape index (κ1) is 13.3. The van der Waals surface area contributed by atoms with Crippen LogP contribution >= 0.6 is 0 Å². The van der Waals surface area contributed by atoms with Gasteiger partial charge in [0.25, 0.3) is 0 Å². The SMILES string of the molecule is CCC(=O)c1ccn(Cc2cc(OC)cc(C)n2)c1. The highest BCUT2D eigenvalue weighted by Crippen LogP contribution is 2.15. The first-order valence-electron chi connectivity index (χ1n) is 6.33. The maximum absolute atomic E-state index is 11.6. The molecule has 2 aromatic rings. The number of ether oxygens (including phenoxy) is 1. The van der Waals surface area contributed by atoms with E-state index in [2.05, 4.69) is 4.98 Å². The van der Waals surface area contributed by atoms with Crippen LogP contribution in [-0.2, 0) is 6.54 Å². The Labute approximate surface area is 113 Å². The van der Waals surface area contributed by atoms with E-state index in [1.165, 1.54) is 0 Å². The Kier molecular flexibility index (Phi) is 4.00. The molecule has 4 nitrogen and oxygen atoms in total. The number of pyridine rings is 1. The molecule has 0 saturated carbocycles. The van der Waals surface area contributed by atoms with E-state index in [1.54, 1.807) is 7.11 Å². The van der Waals surface area contributed by atoms with Crippen LogP contribution in [-0.4, -0.2) is 22.4 Å². The molecule has 2 heterocycles. The third-order valence-electron chi connectivity index (χ3n) is 2.95. The van der Waals surface area contributed by atoms with Gasteiger partial charge in [-0.05, 0) is 13.0 Å². The first-order chi connectivity index (χ1) is 9.12. The number of carbonyl (C=O) groups excluding carboxylic acids is 1. The highest BCUT2D eigenvalue weighted by atomic mass is 16.5. The molecule has 0 aromatic carbocycles. The second-order valence-corrected chi connectivity index (χ2v) is 4.49. The third-order valence-corrected chi connectivity index (χ3v) is 2.95. The Morgan fingerprint density at radius 2 is 2.21 bits per heavy atom. The van der Waals surface area contributed by atoms with Gasteiger partial charge in [0.15, 0.2) is 5.78 Å². The van der Waals surface area contributed by atoms with Crippen LogP contribution in [0.15, 0.2) is 30.6 Å². The lowest BCUT2D eigenvalue weighted by molar-refractivity contribution is 0.0988. The molecule has 0 fully saturated rings.